The fourth-order valence-corrected chi connectivity index (χ4v) is 2.90. The van der Waals surface area contributed by atoms with Crippen molar-refractivity contribution in [1.82, 2.24) is 20.7 Å². The number of aromatic nitrogens is 3. The van der Waals surface area contributed by atoms with E-state index in [0.717, 1.165) is 19.3 Å². The molecule has 0 aliphatic heterocycles. The molecule has 0 bridgehead atoms. The minimum absolute atomic E-state index is 0.00519. The largest absolute Gasteiger partial charge is 0.393 e. The summed E-state index contributed by atoms with van der Waals surface area (Å²) in [6.07, 6.45) is 1.97. The van der Waals surface area contributed by atoms with Gasteiger partial charge in [0.1, 0.15) is 0 Å². The van der Waals surface area contributed by atoms with E-state index in [1.165, 1.54) is 5.56 Å². The highest BCUT2D eigenvalue weighted by Crippen LogP contribution is 2.31. The summed E-state index contributed by atoms with van der Waals surface area (Å²) in [7, 11) is 0. The zero-order chi connectivity index (χ0) is 15.5. The molecule has 1 aliphatic rings. The number of aliphatic hydroxyl groups is 1. The first-order chi connectivity index (χ1) is 10.6. The first kappa shape index (κ1) is 14.7. The molecule has 1 heterocycles. The van der Waals surface area contributed by atoms with Crippen molar-refractivity contribution < 1.29 is 9.90 Å². The predicted molar refractivity (Wildman–Crippen MR) is 81.3 cm³/mol. The van der Waals surface area contributed by atoms with Gasteiger partial charge >= 0.3 is 0 Å². The molecule has 22 heavy (non-hydrogen) atoms. The molecule has 0 spiro atoms. The molecule has 1 aliphatic carbocycles. The van der Waals surface area contributed by atoms with Gasteiger partial charge in [0.05, 0.1) is 11.8 Å². The van der Waals surface area contributed by atoms with Gasteiger partial charge in [-0.2, -0.15) is 15.4 Å². The van der Waals surface area contributed by atoms with Gasteiger partial charge in [-0.05, 0) is 37.7 Å². The summed E-state index contributed by atoms with van der Waals surface area (Å²) in [5.41, 5.74) is 2.09. The van der Waals surface area contributed by atoms with Gasteiger partial charge in [0.15, 0.2) is 5.69 Å². The molecule has 1 aromatic heterocycles. The Labute approximate surface area is 128 Å². The molecular weight excluding hydrogens is 280 g/mol. The fourth-order valence-electron chi connectivity index (χ4n) is 2.90. The number of nitrogens with one attached hydrogen (secondary N) is 2. The van der Waals surface area contributed by atoms with Gasteiger partial charge in [-0.25, -0.2) is 0 Å². The maximum atomic E-state index is 12.4. The Kier molecular flexibility index (Phi) is 4.20. The Bertz CT molecular complexity index is 635. The van der Waals surface area contributed by atoms with Crippen molar-refractivity contribution >= 4 is 5.91 Å². The van der Waals surface area contributed by atoms with Crippen molar-refractivity contribution in [3.8, 4) is 0 Å². The van der Waals surface area contributed by atoms with Crippen molar-refractivity contribution in [3.63, 3.8) is 0 Å². The van der Waals surface area contributed by atoms with Gasteiger partial charge in [0.2, 0.25) is 0 Å². The number of hydrogen-bond acceptors (Lipinski definition) is 4. The number of carbonyl (C=O) groups excluding carboxylic acids is 1. The zero-order valence-corrected chi connectivity index (χ0v) is 12.5. The molecule has 6 heteroatoms. The highest BCUT2D eigenvalue weighted by Gasteiger charge is 2.35. The summed E-state index contributed by atoms with van der Waals surface area (Å²) in [6.45, 7) is 1.75. The molecule has 1 saturated carbocycles. The van der Waals surface area contributed by atoms with Crippen LogP contribution in [0.4, 0.5) is 0 Å². The second kappa shape index (κ2) is 6.27. The van der Waals surface area contributed by atoms with Crippen molar-refractivity contribution in [2.45, 2.75) is 38.3 Å². The van der Waals surface area contributed by atoms with Crippen molar-refractivity contribution in [1.29, 1.82) is 0 Å². The molecule has 0 unspecified atom stereocenters. The van der Waals surface area contributed by atoms with Crippen molar-refractivity contribution in [2.75, 3.05) is 0 Å². The third-order valence-electron chi connectivity index (χ3n) is 4.27. The highest BCUT2D eigenvalue weighted by atomic mass is 16.3. The molecule has 2 aromatic rings. The summed E-state index contributed by atoms with van der Waals surface area (Å²) in [5, 5.41) is 22.9. The van der Waals surface area contributed by atoms with Crippen LogP contribution in [0, 0.1) is 12.8 Å². The summed E-state index contributed by atoms with van der Waals surface area (Å²) >= 11 is 0. The van der Waals surface area contributed by atoms with Crippen LogP contribution < -0.4 is 5.32 Å². The minimum Gasteiger partial charge on any atom is -0.393 e. The first-order valence-electron chi connectivity index (χ1n) is 7.53. The van der Waals surface area contributed by atoms with Gasteiger partial charge in [-0.1, -0.05) is 30.3 Å². The number of aryl methyl sites for hydroxylation is 1. The smallest absolute Gasteiger partial charge is 0.273 e. The van der Waals surface area contributed by atoms with Crippen LogP contribution in [0.5, 0.6) is 0 Å². The van der Waals surface area contributed by atoms with Crippen LogP contribution in [0.25, 0.3) is 0 Å². The van der Waals surface area contributed by atoms with E-state index in [-0.39, 0.29) is 18.1 Å². The Balaban J connectivity index is 1.71. The van der Waals surface area contributed by atoms with Gasteiger partial charge < -0.3 is 10.4 Å². The van der Waals surface area contributed by atoms with Crippen LogP contribution in [0.3, 0.4) is 0 Å². The van der Waals surface area contributed by atoms with E-state index in [0.29, 0.717) is 17.3 Å². The molecule has 3 rings (SSSR count). The van der Waals surface area contributed by atoms with E-state index in [9.17, 15) is 9.90 Å². The fraction of sp³-hybridized carbons (Fsp3) is 0.438. The van der Waals surface area contributed by atoms with Crippen LogP contribution in [0.2, 0.25) is 0 Å². The number of aliphatic hydroxyl groups excluding tert-OH is 1. The van der Waals surface area contributed by atoms with E-state index >= 15 is 0 Å². The Morgan fingerprint density at radius 3 is 2.68 bits per heavy atom. The second-order valence-corrected chi connectivity index (χ2v) is 5.91. The quantitative estimate of drug-likeness (QED) is 0.774. The zero-order valence-electron chi connectivity index (χ0n) is 12.5. The first-order valence-corrected chi connectivity index (χ1v) is 7.53. The van der Waals surface area contributed by atoms with E-state index in [1.807, 2.05) is 18.2 Å². The standard InChI is InChI=1S/C16H20N4O2/c1-10-15(19-20-18-10)16(22)17-14(12-8-13(21)9-12)7-11-5-3-2-4-6-11/h2-6,12-14,21H,7-9H2,1H3,(H,17,22)(H,18,19,20)/t12?,13?,14-/m1/s1. The normalized spacial score (nSPS) is 21.9. The average Bonchev–Trinajstić information content (AvgIpc) is 2.91. The number of H-pyrrole nitrogens is 1. The molecule has 0 saturated heterocycles. The number of rotatable bonds is 5. The lowest BCUT2D eigenvalue weighted by atomic mass is 9.75. The van der Waals surface area contributed by atoms with E-state index in [1.54, 1.807) is 6.92 Å². The number of aromatic amines is 1. The molecule has 3 N–H and O–H groups in total. The predicted octanol–water partition coefficient (Wildman–Crippen LogP) is 1.23. The minimum atomic E-state index is -0.242. The lowest BCUT2D eigenvalue weighted by Crippen LogP contribution is -2.48. The number of benzene rings is 1. The van der Waals surface area contributed by atoms with E-state index in [4.69, 9.17) is 0 Å². The van der Waals surface area contributed by atoms with Crippen LogP contribution in [-0.4, -0.2) is 38.6 Å². The SMILES string of the molecule is Cc1n[nH]nc1C(=O)N[C@H](Cc1ccccc1)C1CC(O)C1. The van der Waals surface area contributed by atoms with Gasteiger partial charge in [-0.15, -0.1) is 0 Å². The third-order valence-corrected chi connectivity index (χ3v) is 4.27. The molecule has 1 atom stereocenters. The third kappa shape index (κ3) is 3.17. The monoisotopic (exact) mass is 300 g/mol. The Morgan fingerprint density at radius 2 is 2.09 bits per heavy atom. The molecule has 1 aromatic carbocycles. The van der Waals surface area contributed by atoms with Crippen molar-refractivity contribution in [3.05, 3.63) is 47.3 Å². The lowest BCUT2D eigenvalue weighted by molar-refractivity contribution is 0.0238. The van der Waals surface area contributed by atoms with Crippen molar-refractivity contribution in [2.24, 2.45) is 5.92 Å². The maximum Gasteiger partial charge on any atom is 0.273 e. The molecule has 0 radical (unpaired) electrons. The molecule has 116 valence electrons. The molecule has 1 fully saturated rings. The van der Waals surface area contributed by atoms with Crippen LogP contribution >= 0.6 is 0 Å². The molecule has 6 nitrogen and oxygen atoms in total. The van der Waals surface area contributed by atoms with Crippen LogP contribution in [0.15, 0.2) is 30.3 Å². The van der Waals surface area contributed by atoms with Gasteiger partial charge in [-0.3, -0.25) is 4.79 Å². The Hall–Kier alpha value is -2.21. The number of carbonyl (C=O) groups is 1. The number of nitrogens with zero attached hydrogens (tertiary/aromatic N) is 2. The molecular formula is C16H20N4O2. The highest BCUT2D eigenvalue weighted by molar-refractivity contribution is 5.93. The van der Waals surface area contributed by atoms with Gasteiger partial charge in [0.25, 0.3) is 5.91 Å². The molecule has 1 amide bonds. The van der Waals surface area contributed by atoms with Crippen LogP contribution in [0.1, 0.15) is 34.6 Å². The topological polar surface area (TPSA) is 90.9 Å². The summed E-state index contributed by atoms with van der Waals surface area (Å²) < 4.78 is 0. The summed E-state index contributed by atoms with van der Waals surface area (Å²) in [5.74, 6) is 0.0833. The summed E-state index contributed by atoms with van der Waals surface area (Å²) in [6, 6.07) is 10.1. The van der Waals surface area contributed by atoms with Gasteiger partial charge in [0, 0.05) is 6.04 Å². The average molecular weight is 300 g/mol. The number of hydrogen-bond donors (Lipinski definition) is 3. The Morgan fingerprint density at radius 1 is 1.36 bits per heavy atom. The van der Waals surface area contributed by atoms with E-state index < -0.39 is 0 Å². The van der Waals surface area contributed by atoms with E-state index in [2.05, 4.69) is 32.9 Å². The number of amides is 1. The lowest BCUT2D eigenvalue weighted by Gasteiger charge is -2.38. The maximum absolute atomic E-state index is 12.4. The second-order valence-electron chi connectivity index (χ2n) is 5.91. The summed E-state index contributed by atoms with van der Waals surface area (Å²) in [4.78, 5) is 12.4. The van der Waals surface area contributed by atoms with Crippen LogP contribution in [-0.2, 0) is 6.42 Å².